The summed E-state index contributed by atoms with van der Waals surface area (Å²) in [6.07, 6.45) is 11.8. The van der Waals surface area contributed by atoms with Crippen molar-refractivity contribution in [3.63, 3.8) is 0 Å². The van der Waals surface area contributed by atoms with Crippen molar-refractivity contribution in [3.05, 3.63) is 16.5 Å². The molecule has 0 aliphatic heterocycles. The third-order valence-corrected chi connectivity index (χ3v) is 7.46. The lowest BCUT2D eigenvalue weighted by Gasteiger charge is -2.21. The zero-order valence-electron chi connectivity index (χ0n) is 18.5. The van der Waals surface area contributed by atoms with Crippen molar-refractivity contribution < 1.29 is 9.09 Å². The van der Waals surface area contributed by atoms with Crippen molar-refractivity contribution in [1.29, 1.82) is 0 Å². The van der Waals surface area contributed by atoms with Gasteiger partial charge < -0.3 is 0 Å². The highest BCUT2D eigenvalue weighted by atomic mass is 35.5. The van der Waals surface area contributed by atoms with Crippen LogP contribution in [-0.4, -0.2) is 33.0 Å². The van der Waals surface area contributed by atoms with Gasteiger partial charge >= 0.3 is 8.18 Å². The average molecular weight is 457 g/mol. The summed E-state index contributed by atoms with van der Waals surface area (Å²) < 4.78 is 19.1. The van der Waals surface area contributed by atoms with E-state index >= 15 is 0 Å². The SMILES string of the molecule is CCCCCCCCO[P+](=O)NCC(C)c1nc2c(Cl)c(C3(C)CCCC3)[nH]n2n1. The molecule has 7 nitrogen and oxygen atoms in total. The van der Waals surface area contributed by atoms with Crippen LogP contribution < -0.4 is 5.09 Å². The molecule has 2 aromatic heterocycles. The van der Waals surface area contributed by atoms with Gasteiger partial charge in [-0.25, -0.2) is 4.98 Å². The summed E-state index contributed by atoms with van der Waals surface area (Å²) in [6.45, 7) is 7.49. The summed E-state index contributed by atoms with van der Waals surface area (Å²) in [5, 5.41) is 11.6. The fraction of sp³-hybridized carbons (Fsp3) is 0.810. The molecule has 0 radical (unpaired) electrons. The minimum atomic E-state index is -1.86. The van der Waals surface area contributed by atoms with Gasteiger partial charge in [0.2, 0.25) is 0 Å². The van der Waals surface area contributed by atoms with Crippen LogP contribution in [-0.2, 0) is 14.5 Å². The van der Waals surface area contributed by atoms with Crippen molar-refractivity contribution in [2.45, 2.75) is 96.3 Å². The van der Waals surface area contributed by atoms with Gasteiger partial charge in [-0.2, -0.15) is 4.63 Å². The fourth-order valence-electron chi connectivity index (χ4n) is 4.21. The summed E-state index contributed by atoms with van der Waals surface area (Å²) in [6, 6.07) is 0. The van der Waals surface area contributed by atoms with Crippen LogP contribution in [0.4, 0.5) is 0 Å². The summed E-state index contributed by atoms with van der Waals surface area (Å²) in [7, 11) is -1.86. The Morgan fingerprint density at radius 1 is 1.27 bits per heavy atom. The summed E-state index contributed by atoms with van der Waals surface area (Å²) in [4.78, 5) is 4.64. The third kappa shape index (κ3) is 5.82. The molecule has 1 saturated carbocycles. The Labute approximate surface area is 185 Å². The molecule has 168 valence electrons. The van der Waals surface area contributed by atoms with E-state index in [1.807, 2.05) is 6.92 Å². The van der Waals surface area contributed by atoms with Crippen LogP contribution >= 0.6 is 19.8 Å². The maximum Gasteiger partial charge on any atom is 0.613 e. The number of rotatable bonds is 13. The molecule has 0 amide bonds. The molecular formula is C21H36ClN5O2P+. The number of unbranched alkanes of at least 4 members (excludes halogenated alkanes) is 5. The van der Waals surface area contributed by atoms with Gasteiger partial charge in [0.05, 0.1) is 12.2 Å². The molecule has 2 atom stereocenters. The van der Waals surface area contributed by atoms with Gasteiger partial charge in [0, 0.05) is 11.3 Å². The minimum absolute atomic E-state index is 0.00326. The third-order valence-electron chi connectivity index (χ3n) is 6.24. The van der Waals surface area contributed by atoms with E-state index in [9.17, 15) is 4.57 Å². The van der Waals surface area contributed by atoms with Crippen LogP contribution in [0.15, 0.2) is 0 Å². The van der Waals surface area contributed by atoms with Crippen LogP contribution in [0.3, 0.4) is 0 Å². The van der Waals surface area contributed by atoms with Crippen LogP contribution in [0.25, 0.3) is 5.65 Å². The highest BCUT2D eigenvalue weighted by molar-refractivity contribution is 7.36. The average Bonchev–Trinajstić information content (AvgIpc) is 3.42. The van der Waals surface area contributed by atoms with E-state index in [2.05, 4.69) is 34.1 Å². The van der Waals surface area contributed by atoms with E-state index in [-0.39, 0.29) is 11.3 Å². The second-order valence-electron chi connectivity index (χ2n) is 8.90. The molecular weight excluding hydrogens is 421 g/mol. The van der Waals surface area contributed by atoms with E-state index in [4.69, 9.17) is 16.1 Å². The number of hydrogen-bond donors (Lipinski definition) is 2. The van der Waals surface area contributed by atoms with E-state index in [1.165, 1.54) is 38.5 Å². The number of nitrogens with one attached hydrogen (secondary N) is 2. The molecule has 30 heavy (non-hydrogen) atoms. The molecule has 2 N–H and O–H groups in total. The molecule has 9 heteroatoms. The zero-order chi connectivity index (χ0) is 21.6. The molecule has 1 aliphatic carbocycles. The lowest BCUT2D eigenvalue weighted by Crippen LogP contribution is -2.18. The molecule has 2 heterocycles. The molecule has 3 rings (SSSR count). The summed E-state index contributed by atoms with van der Waals surface area (Å²) in [5.74, 6) is 0.676. The molecule has 0 spiro atoms. The van der Waals surface area contributed by atoms with E-state index < -0.39 is 8.18 Å². The Kier molecular flexibility index (Phi) is 8.70. The smallest absolute Gasteiger partial charge is 0.278 e. The Balaban J connectivity index is 1.45. The lowest BCUT2D eigenvalue weighted by molar-refractivity contribution is 0.309. The van der Waals surface area contributed by atoms with Gasteiger partial charge in [0.1, 0.15) is 11.6 Å². The van der Waals surface area contributed by atoms with E-state index in [1.54, 1.807) is 4.63 Å². The topological polar surface area (TPSA) is 84.3 Å². The van der Waals surface area contributed by atoms with Crippen molar-refractivity contribution in [3.8, 4) is 0 Å². The van der Waals surface area contributed by atoms with E-state index in [0.29, 0.717) is 29.6 Å². The Hall–Kier alpha value is -1.01. The second kappa shape index (κ2) is 11.0. The largest absolute Gasteiger partial charge is 0.613 e. The van der Waals surface area contributed by atoms with Crippen molar-refractivity contribution >= 4 is 25.4 Å². The second-order valence-corrected chi connectivity index (χ2v) is 10.4. The highest BCUT2D eigenvalue weighted by Crippen LogP contribution is 2.43. The fourth-order valence-corrected chi connectivity index (χ4v) is 5.41. The van der Waals surface area contributed by atoms with Gasteiger partial charge in [-0.05, 0) is 23.8 Å². The summed E-state index contributed by atoms with van der Waals surface area (Å²) >= 11 is 6.65. The van der Waals surface area contributed by atoms with Gasteiger partial charge in [0.25, 0.3) is 0 Å². The Morgan fingerprint density at radius 2 is 1.97 bits per heavy atom. The number of hydrogen-bond acceptors (Lipinski definition) is 4. The van der Waals surface area contributed by atoms with Crippen LogP contribution in [0.5, 0.6) is 0 Å². The number of halogens is 1. The van der Waals surface area contributed by atoms with Crippen LogP contribution in [0.1, 0.15) is 102 Å². The van der Waals surface area contributed by atoms with Gasteiger partial charge in [-0.1, -0.05) is 82.4 Å². The Bertz CT molecular complexity index is 831. The Morgan fingerprint density at radius 3 is 2.67 bits per heavy atom. The molecule has 2 unspecified atom stereocenters. The van der Waals surface area contributed by atoms with Crippen molar-refractivity contribution in [2.75, 3.05) is 13.2 Å². The first-order chi connectivity index (χ1) is 14.4. The van der Waals surface area contributed by atoms with Crippen LogP contribution in [0.2, 0.25) is 5.02 Å². The number of aromatic amines is 1. The molecule has 2 aromatic rings. The number of nitrogens with zero attached hydrogens (tertiary/aromatic N) is 3. The van der Waals surface area contributed by atoms with Crippen molar-refractivity contribution in [1.82, 2.24) is 24.9 Å². The van der Waals surface area contributed by atoms with Crippen molar-refractivity contribution in [2.24, 2.45) is 0 Å². The quantitative estimate of drug-likeness (QED) is 0.274. The highest BCUT2D eigenvalue weighted by Gasteiger charge is 2.35. The van der Waals surface area contributed by atoms with E-state index in [0.717, 1.165) is 31.4 Å². The normalized spacial score (nSPS) is 17.7. The first kappa shape index (κ1) is 23.6. The van der Waals surface area contributed by atoms with Gasteiger partial charge in [-0.3, -0.25) is 5.10 Å². The summed E-state index contributed by atoms with van der Waals surface area (Å²) in [5.41, 5.74) is 1.80. The predicted octanol–water partition coefficient (Wildman–Crippen LogP) is 6.27. The monoisotopic (exact) mass is 456 g/mol. The van der Waals surface area contributed by atoms with Gasteiger partial charge in [-0.15, -0.1) is 9.62 Å². The maximum absolute atomic E-state index is 12.1. The lowest BCUT2D eigenvalue weighted by atomic mass is 9.85. The molecule has 0 bridgehead atoms. The standard InChI is InChI=1S/C21H36ClN5O2P/c1-4-5-6-7-8-11-14-29-30(28)23-15-16(2)19-24-20-17(22)18(25-27(20)26-19)21(3)12-9-10-13-21/h16,25H,4-15H2,1-3H3,(H,23,28)/q+1. The molecule has 1 fully saturated rings. The maximum atomic E-state index is 12.1. The van der Waals surface area contributed by atoms with Crippen LogP contribution in [0, 0.1) is 0 Å². The number of H-pyrrole nitrogens is 1. The first-order valence-electron chi connectivity index (χ1n) is 11.4. The molecule has 0 aromatic carbocycles. The minimum Gasteiger partial charge on any atom is -0.278 e. The predicted molar refractivity (Wildman–Crippen MR) is 122 cm³/mol. The zero-order valence-corrected chi connectivity index (χ0v) is 20.2. The number of aromatic nitrogens is 4. The molecule has 1 aliphatic rings. The first-order valence-corrected chi connectivity index (χ1v) is 13.0. The number of fused-ring (bicyclic) bond motifs is 1. The van der Waals surface area contributed by atoms with Gasteiger partial charge in [0.15, 0.2) is 11.5 Å². The molecule has 0 saturated heterocycles.